The molecule has 4 rings (SSSR count). The molecule has 0 amide bonds. The highest BCUT2D eigenvalue weighted by molar-refractivity contribution is 6.90. The molecule has 30 heavy (non-hydrogen) atoms. The summed E-state index contributed by atoms with van der Waals surface area (Å²) in [5.41, 5.74) is 6.01. The minimum absolute atomic E-state index is 0.0936. The van der Waals surface area contributed by atoms with E-state index in [4.69, 9.17) is 9.97 Å². The molecule has 0 bridgehead atoms. The fraction of sp³-hybridized carbons (Fsp3) is 0.333. The monoisotopic (exact) mass is 412 g/mol. The zero-order valence-corrected chi connectivity index (χ0v) is 20.5. The van der Waals surface area contributed by atoms with Gasteiger partial charge in [-0.05, 0) is 48.4 Å². The molecule has 0 aliphatic carbocycles. The first kappa shape index (κ1) is 20.7. The number of benzene rings is 3. The number of hydrogen-bond donors (Lipinski definition) is 0. The lowest BCUT2D eigenvalue weighted by Crippen LogP contribution is -2.38. The maximum atomic E-state index is 4.97. The molecule has 0 aliphatic rings. The predicted molar refractivity (Wildman–Crippen MR) is 134 cm³/mol. The highest BCUT2D eigenvalue weighted by atomic mass is 28.3. The number of rotatable bonds is 2. The van der Waals surface area contributed by atoms with Crippen molar-refractivity contribution in [2.75, 3.05) is 0 Å². The molecular formula is C27H32N2Si. The van der Waals surface area contributed by atoms with Gasteiger partial charge in [0.05, 0.1) is 19.3 Å². The first-order valence-corrected chi connectivity index (χ1v) is 14.3. The van der Waals surface area contributed by atoms with E-state index in [1.807, 2.05) is 6.92 Å². The summed E-state index contributed by atoms with van der Waals surface area (Å²) in [6.07, 6.45) is 0. The lowest BCUT2D eigenvalue weighted by molar-refractivity contribution is 0.590. The van der Waals surface area contributed by atoms with Crippen LogP contribution >= 0.6 is 0 Å². The minimum Gasteiger partial charge on any atom is -0.233 e. The van der Waals surface area contributed by atoms with E-state index < -0.39 is 8.07 Å². The third kappa shape index (κ3) is 3.67. The molecule has 0 fully saturated rings. The van der Waals surface area contributed by atoms with Gasteiger partial charge >= 0.3 is 0 Å². The van der Waals surface area contributed by atoms with Crippen LogP contribution in [0, 0.1) is 13.8 Å². The quantitative estimate of drug-likeness (QED) is 0.264. The van der Waals surface area contributed by atoms with E-state index >= 15 is 0 Å². The van der Waals surface area contributed by atoms with Gasteiger partial charge in [0.25, 0.3) is 0 Å². The largest absolute Gasteiger partial charge is 0.233 e. The van der Waals surface area contributed by atoms with Crippen molar-refractivity contribution in [2.45, 2.75) is 59.7 Å². The maximum absolute atomic E-state index is 4.97. The number of nitrogens with zero attached hydrogens (tertiary/aromatic N) is 2. The number of hydrogen-bond acceptors (Lipinski definition) is 2. The van der Waals surface area contributed by atoms with Gasteiger partial charge in [-0.15, -0.1) is 0 Å². The molecule has 0 spiro atoms. The Morgan fingerprint density at radius 3 is 2.23 bits per heavy atom. The molecule has 0 saturated carbocycles. The van der Waals surface area contributed by atoms with Crippen LogP contribution in [0.2, 0.25) is 19.6 Å². The Bertz CT molecular complexity index is 1270. The summed E-state index contributed by atoms with van der Waals surface area (Å²) in [6, 6.07) is 18.0. The average molecular weight is 413 g/mol. The second-order valence-corrected chi connectivity index (χ2v) is 15.6. The Kier molecular flexibility index (Phi) is 4.85. The summed E-state index contributed by atoms with van der Waals surface area (Å²) < 4.78 is 0. The Morgan fingerprint density at radius 1 is 0.833 bits per heavy atom. The van der Waals surface area contributed by atoms with E-state index in [0.29, 0.717) is 0 Å². The summed E-state index contributed by atoms with van der Waals surface area (Å²) in [4.78, 5) is 9.90. The van der Waals surface area contributed by atoms with Crippen LogP contribution in [0.5, 0.6) is 0 Å². The van der Waals surface area contributed by atoms with Crippen molar-refractivity contribution in [1.29, 1.82) is 0 Å². The van der Waals surface area contributed by atoms with Gasteiger partial charge in [-0.25, -0.2) is 9.97 Å². The van der Waals surface area contributed by atoms with Crippen LogP contribution in [-0.4, -0.2) is 18.0 Å². The van der Waals surface area contributed by atoms with Gasteiger partial charge in [-0.3, -0.25) is 0 Å². The number of fused-ring (bicyclic) bond motifs is 3. The van der Waals surface area contributed by atoms with Gasteiger partial charge in [-0.2, -0.15) is 0 Å². The molecule has 0 radical (unpaired) electrons. The van der Waals surface area contributed by atoms with Gasteiger partial charge < -0.3 is 0 Å². The molecule has 1 heterocycles. The molecule has 0 saturated heterocycles. The molecular weight excluding hydrogens is 380 g/mol. The predicted octanol–water partition coefficient (Wildman–Crippen LogP) is 6.91. The molecule has 0 aliphatic heterocycles. The molecule has 0 unspecified atom stereocenters. The molecule has 0 atom stereocenters. The van der Waals surface area contributed by atoms with E-state index in [9.17, 15) is 0 Å². The van der Waals surface area contributed by atoms with Crippen LogP contribution in [-0.2, 0) is 5.41 Å². The molecule has 2 nitrogen and oxygen atoms in total. The molecule has 0 N–H and O–H groups in total. The smallest absolute Gasteiger partial charge is 0.126 e. The third-order valence-electron chi connectivity index (χ3n) is 5.85. The summed E-state index contributed by atoms with van der Waals surface area (Å²) >= 11 is 0. The summed E-state index contributed by atoms with van der Waals surface area (Å²) in [5, 5.41) is 5.19. The standard InChI is InChI=1S/C27H32N2Si/c1-17-14-20(16-21(15-17)27(3,4)5)25-22-13-12-19-10-9-11-23(30(6,7)8)24(19)26(22)29-18(2)28-25/h9-16H,1-8H3. The van der Waals surface area contributed by atoms with Crippen molar-refractivity contribution < 1.29 is 0 Å². The van der Waals surface area contributed by atoms with Gasteiger partial charge in [0.15, 0.2) is 0 Å². The van der Waals surface area contributed by atoms with Crippen LogP contribution in [0.4, 0.5) is 0 Å². The van der Waals surface area contributed by atoms with E-state index in [1.54, 1.807) is 0 Å². The highest BCUT2D eigenvalue weighted by Crippen LogP contribution is 2.34. The highest BCUT2D eigenvalue weighted by Gasteiger charge is 2.22. The first-order valence-electron chi connectivity index (χ1n) is 10.8. The van der Waals surface area contributed by atoms with E-state index in [2.05, 4.69) is 95.9 Å². The normalized spacial score (nSPS) is 12.7. The van der Waals surface area contributed by atoms with Gasteiger partial charge in [0.1, 0.15) is 5.82 Å². The second-order valence-electron chi connectivity index (χ2n) is 10.6. The van der Waals surface area contributed by atoms with Crippen LogP contribution in [0.3, 0.4) is 0 Å². The first-order chi connectivity index (χ1) is 13.9. The molecule has 3 heteroatoms. The minimum atomic E-state index is -1.53. The zero-order valence-electron chi connectivity index (χ0n) is 19.5. The number of aryl methyl sites for hydroxylation is 2. The van der Waals surface area contributed by atoms with Crippen molar-refractivity contribution in [2.24, 2.45) is 0 Å². The van der Waals surface area contributed by atoms with Gasteiger partial charge in [-0.1, -0.05) is 81.5 Å². The van der Waals surface area contributed by atoms with Gasteiger partial charge in [0.2, 0.25) is 0 Å². The fourth-order valence-corrected chi connectivity index (χ4v) is 5.88. The Hall–Kier alpha value is -2.52. The van der Waals surface area contributed by atoms with E-state index in [1.165, 1.54) is 32.6 Å². The second kappa shape index (κ2) is 7.02. The lowest BCUT2D eigenvalue weighted by atomic mass is 9.84. The molecule has 3 aromatic carbocycles. The van der Waals surface area contributed by atoms with Crippen molar-refractivity contribution in [1.82, 2.24) is 9.97 Å². The topological polar surface area (TPSA) is 25.8 Å². The van der Waals surface area contributed by atoms with Crippen LogP contribution in [0.15, 0.2) is 48.5 Å². The molecule has 4 aromatic rings. The molecule has 1 aromatic heterocycles. The van der Waals surface area contributed by atoms with E-state index in [-0.39, 0.29) is 5.41 Å². The van der Waals surface area contributed by atoms with Crippen molar-refractivity contribution in [3.63, 3.8) is 0 Å². The SMILES string of the molecule is Cc1cc(-c2nc(C)nc3c2ccc2cccc([Si](C)(C)C)c23)cc(C(C)(C)C)c1. The fourth-order valence-electron chi connectivity index (χ4n) is 4.27. The summed E-state index contributed by atoms with van der Waals surface area (Å²) in [6.45, 7) is 18.2. The van der Waals surface area contributed by atoms with Crippen molar-refractivity contribution in [3.05, 3.63) is 65.5 Å². The lowest BCUT2D eigenvalue weighted by Gasteiger charge is -2.22. The average Bonchev–Trinajstić information content (AvgIpc) is 2.64. The Morgan fingerprint density at radius 2 is 1.57 bits per heavy atom. The molecule has 154 valence electrons. The number of aromatic nitrogens is 2. The van der Waals surface area contributed by atoms with E-state index in [0.717, 1.165) is 22.4 Å². The Labute approximate surface area is 181 Å². The zero-order chi connectivity index (χ0) is 21.8. The summed E-state index contributed by atoms with van der Waals surface area (Å²) in [5.74, 6) is 0.828. The van der Waals surface area contributed by atoms with Crippen LogP contribution < -0.4 is 5.19 Å². The maximum Gasteiger partial charge on any atom is 0.126 e. The summed E-state index contributed by atoms with van der Waals surface area (Å²) in [7, 11) is -1.53. The van der Waals surface area contributed by atoms with Crippen LogP contribution in [0.1, 0.15) is 37.7 Å². The Balaban J connectivity index is 2.12. The third-order valence-corrected chi connectivity index (χ3v) is 7.88. The van der Waals surface area contributed by atoms with Crippen molar-refractivity contribution in [3.8, 4) is 11.3 Å². The van der Waals surface area contributed by atoms with Crippen molar-refractivity contribution >= 4 is 34.9 Å². The van der Waals surface area contributed by atoms with Crippen LogP contribution in [0.25, 0.3) is 32.9 Å². The van der Waals surface area contributed by atoms with Gasteiger partial charge in [0, 0.05) is 16.3 Å².